The molecule has 0 radical (unpaired) electrons. The molecule has 3 fully saturated rings. The summed E-state index contributed by atoms with van der Waals surface area (Å²) < 4.78 is 5.57. The Balaban J connectivity index is 1.21. The third-order valence-corrected chi connectivity index (χ3v) is 6.88. The van der Waals surface area contributed by atoms with E-state index in [2.05, 4.69) is 29.6 Å². The van der Waals surface area contributed by atoms with E-state index in [9.17, 15) is 14.7 Å². The van der Waals surface area contributed by atoms with Crippen molar-refractivity contribution in [3.05, 3.63) is 59.7 Å². The van der Waals surface area contributed by atoms with Gasteiger partial charge in [-0.1, -0.05) is 48.5 Å². The predicted octanol–water partition coefficient (Wildman–Crippen LogP) is 4.03. The van der Waals surface area contributed by atoms with Gasteiger partial charge in [0.25, 0.3) is 0 Å². The Morgan fingerprint density at radius 3 is 2.18 bits per heavy atom. The van der Waals surface area contributed by atoms with Gasteiger partial charge >= 0.3 is 12.1 Å². The van der Waals surface area contributed by atoms with Crippen LogP contribution in [0.1, 0.15) is 36.3 Å². The van der Waals surface area contributed by atoms with E-state index >= 15 is 0 Å². The van der Waals surface area contributed by atoms with E-state index in [0.29, 0.717) is 19.6 Å². The molecule has 0 aromatic heterocycles. The van der Waals surface area contributed by atoms with E-state index in [1.165, 1.54) is 22.3 Å². The molecule has 28 heavy (non-hydrogen) atoms. The number of benzene rings is 2. The SMILES string of the molecule is O=C(NCC12CC(C1)C(C(=O)O)C2)OCC1c2ccccc2-c2ccccc21. The topological polar surface area (TPSA) is 75.6 Å². The molecule has 0 aliphatic heterocycles. The van der Waals surface area contributed by atoms with Crippen LogP contribution in [0.3, 0.4) is 0 Å². The van der Waals surface area contributed by atoms with Gasteiger partial charge in [0.05, 0.1) is 5.92 Å². The minimum Gasteiger partial charge on any atom is -0.481 e. The van der Waals surface area contributed by atoms with Crippen molar-refractivity contribution in [3.63, 3.8) is 0 Å². The number of fused-ring (bicyclic) bond motifs is 4. The molecule has 2 aromatic carbocycles. The van der Waals surface area contributed by atoms with E-state index in [-0.39, 0.29) is 23.2 Å². The molecule has 5 heteroatoms. The lowest BCUT2D eigenvalue weighted by atomic mass is 9.69. The third kappa shape index (κ3) is 2.68. The van der Waals surface area contributed by atoms with Crippen LogP contribution in [0.5, 0.6) is 0 Å². The largest absolute Gasteiger partial charge is 0.481 e. The molecule has 4 aliphatic rings. The smallest absolute Gasteiger partial charge is 0.407 e. The van der Waals surface area contributed by atoms with Crippen LogP contribution in [0.2, 0.25) is 0 Å². The first kappa shape index (κ1) is 17.3. The Labute approximate surface area is 163 Å². The lowest BCUT2D eigenvalue weighted by Gasteiger charge is -2.38. The zero-order valence-electron chi connectivity index (χ0n) is 15.6. The Hall–Kier alpha value is -2.82. The summed E-state index contributed by atoms with van der Waals surface area (Å²) in [5, 5.41) is 12.1. The minimum atomic E-state index is -0.703. The number of nitrogens with one attached hydrogen (secondary N) is 1. The van der Waals surface area contributed by atoms with Crippen LogP contribution >= 0.6 is 0 Å². The number of ether oxygens (including phenoxy) is 1. The quantitative estimate of drug-likeness (QED) is 0.825. The number of hydrogen-bond acceptors (Lipinski definition) is 3. The number of hydrogen-bond donors (Lipinski definition) is 2. The maximum Gasteiger partial charge on any atom is 0.407 e. The summed E-state index contributed by atoms with van der Waals surface area (Å²) in [4.78, 5) is 23.6. The summed E-state index contributed by atoms with van der Waals surface area (Å²) in [5.41, 5.74) is 4.75. The van der Waals surface area contributed by atoms with Gasteiger partial charge in [-0.2, -0.15) is 0 Å². The van der Waals surface area contributed by atoms with E-state index in [4.69, 9.17) is 4.74 Å². The normalized spacial score (nSPS) is 26.9. The van der Waals surface area contributed by atoms with Crippen molar-refractivity contribution < 1.29 is 19.4 Å². The molecule has 0 heterocycles. The highest BCUT2D eigenvalue weighted by Crippen LogP contribution is 2.61. The lowest BCUT2D eigenvalue weighted by Crippen LogP contribution is -2.41. The van der Waals surface area contributed by atoms with Gasteiger partial charge in [0.1, 0.15) is 6.61 Å². The van der Waals surface area contributed by atoms with Crippen molar-refractivity contribution in [3.8, 4) is 11.1 Å². The highest BCUT2D eigenvalue weighted by molar-refractivity contribution is 5.79. The molecule has 2 bridgehead atoms. The Morgan fingerprint density at radius 1 is 1.00 bits per heavy atom. The highest BCUT2D eigenvalue weighted by Gasteiger charge is 2.58. The zero-order valence-corrected chi connectivity index (χ0v) is 15.6. The summed E-state index contributed by atoms with van der Waals surface area (Å²) in [5.74, 6) is -0.621. The third-order valence-electron chi connectivity index (χ3n) is 6.88. The Bertz CT molecular complexity index is 902. The lowest BCUT2D eigenvalue weighted by molar-refractivity contribution is -0.142. The maximum atomic E-state index is 12.3. The van der Waals surface area contributed by atoms with Crippen molar-refractivity contribution in [2.45, 2.75) is 25.2 Å². The molecule has 1 atom stereocenters. The van der Waals surface area contributed by atoms with E-state index in [1.807, 2.05) is 24.3 Å². The van der Waals surface area contributed by atoms with Crippen molar-refractivity contribution >= 4 is 12.1 Å². The molecule has 0 spiro atoms. The number of carbonyl (C=O) groups excluding carboxylic acids is 1. The molecule has 144 valence electrons. The average Bonchev–Trinajstić information content (AvgIpc) is 3.33. The first-order valence-corrected chi connectivity index (χ1v) is 9.88. The van der Waals surface area contributed by atoms with E-state index < -0.39 is 12.1 Å². The van der Waals surface area contributed by atoms with E-state index in [0.717, 1.165) is 12.8 Å². The molecule has 1 amide bonds. The first-order valence-electron chi connectivity index (χ1n) is 9.88. The zero-order chi connectivity index (χ0) is 19.3. The fourth-order valence-corrected chi connectivity index (χ4v) is 5.55. The first-order chi connectivity index (χ1) is 13.6. The number of rotatable bonds is 5. The van der Waals surface area contributed by atoms with Crippen LogP contribution in [-0.4, -0.2) is 30.3 Å². The number of carboxylic acid groups (broad SMARTS) is 1. The minimum absolute atomic E-state index is 0.0424. The molecule has 4 aliphatic carbocycles. The highest BCUT2D eigenvalue weighted by atomic mass is 16.5. The number of amides is 1. The van der Waals surface area contributed by atoms with E-state index in [1.54, 1.807) is 0 Å². The monoisotopic (exact) mass is 377 g/mol. The molecule has 0 saturated heterocycles. The van der Waals surface area contributed by atoms with Gasteiger partial charge in [0.15, 0.2) is 0 Å². The Kier molecular flexibility index (Phi) is 3.93. The Morgan fingerprint density at radius 2 is 1.61 bits per heavy atom. The summed E-state index contributed by atoms with van der Waals surface area (Å²) >= 11 is 0. The van der Waals surface area contributed by atoms with Gasteiger partial charge in [0, 0.05) is 12.5 Å². The summed E-state index contributed by atoms with van der Waals surface area (Å²) in [6, 6.07) is 16.5. The molecule has 2 aromatic rings. The van der Waals surface area contributed by atoms with Crippen LogP contribution in [-0.2, 0) is 9.53 Å². The molecule has 3 saturated carbocycles. The van der Waals surface area contributed by atoms with Crippen LogP contribution in [0.25, 0.3) is 11.1 Å². The van der Waals surface area contributed by atoms with Gasteiger partial charge in [-0.05, 0) is 52.8 Å². The van der Waals surface area contributed by atoms with Gasteiger partial charge in [0.2, 0.25) is 0 Å². The fraction of sp³-hybridized carbons (Fsp3) is 0.391. The number of carboxylic acids is 1. The van der Waals surface area contributed by atoms with Crippen molar-refractivity contribution in [1.82, 2.24) is 5.32 Å². The van der Waals surface area contributed by atoms with Crippen molar-refractivity contribution in [2.24, 2.45) is 17.3 Å². The summed E-state index contributed by atoms with van der Waals surface area (Å²) in [6.07, 6.45) is 2.04. The standard InChI is InChI=1S/C23H23NO4/c25-21(26)19-11-23(9-14(19)10-23)13-24-22(27)28-12-20-17-7-3-1-5-15(17)16-6-2-4-8-18(16)20/h1-8,14,19-20H,9-13H2,(H,24,27)(H,25,26). The molecule has 2 N–H and O–H groups in total. The number of aliphatic carboxylic acids is 1. The fourth-order valence-electron chi connectivity index (χ4n) is 5.55. The summed E-state index contributed by atoms with van der Waals surface area (Å²) in [6.45, 7) is 0.803. The second-order valence-corrected chi connectivity index (χ2v) is 8.50. The van der Waals surface area contributed by atoms with Gasteiger partial charge in [-0.25, -0.2) is 4.79 Å². The summed E-state index contributed by atoms with van der Waals surface area (Å²) in [7, 11) is 0. The molecular weight excluding hydrogens is 354 g/mol. The predicted molar refractivity (Wildman–Crippen MR) is 104 cm³/mol. The second-order valence-electron chi connectivity index (χ2n) is 8.50. The maximum absolute atomic E-state index is 12.3. The number of alkyl carbamates (subject to hydrolysis) is 1. The molecule has 1 unspecified atom stereocenters. The van der Waals surface area contributed by atoms with Crippen LogP contribution in [0.15, 0.2) is 48.5 Å². The van der Waals surface area contributed by atoms with Gasteiger partial charge in [-0.3, -0.25) is 4.79 Å². The second kappa shape index (κ2) is 6.36. The van der Waals surface area contributed by atoms with Crippen molar-refractivity contribution in [1.29, 1.82) is 0 Å². The molecule has 6 rings (SSSR count). The van der Waals surface area contributed by atoms with Crippen molar-refractivity contribution in [2.75, 3.05) is 13.2 Å². The van der Waals surface area contributed by atoms with Crippen LogP contribution in [0, 0.1) is 17.3 Å². The van der Waals surface area contributed by atoms with Gasteiger partial charge in [-0.15, -0.1) is 0 Å². The average molecular weight is 377 g/mol. The number of carbonyl (C=O) groups is 2. The van der Waals surface area contributed by atoms with Crippen LogP contribution in [0.4, 0.5) is 4.79 Å². The van der Waals surface area contributed by atoms with Gasteiger partial charge < -0.3 is 15.2 Å². The molecule has 5 nitrogen and oxygen atoms in total. The van der Waals surface area contributed by atoms with Crippen LogP contribution < -0.4 is 5.32 Å². The molecular formula is C23H23NO4.